The minimum Gasteiger partial charge on any atom is -0.316 e. The van der Waals surface area contributed by atoms with Crippen molar-refractivity contribution in [2.45, 2.75) is 37.8 Å². The number of hydrogen-bond acceptors (Lipinski definition) is 4. The number of rotatable bonds is 8. The maximum absolute atomic E-state index is 12.5. The lowest BCUT2D eigenvalue weighted by Crippen LogP contribution is -2.35. The van der Waals surface area contributed by atoms with Crippen molar-refractivity contribution >= 4 is 10.0 Å². The van der Waals surface area contributed by atoms with Crippen molar-refractivity contribution in [1.82, 2.24) is 14.9 Å². The lowest BCUT2D eigenvalue weighted by molar-refractivity contribution is 0.379. The minimum absolute atomic E-state index is 0.0928. The molecule has 0 saturated heterocycles. The molecule has 0 saturated carbocycles. The van der Waals surface area contributed by atoms with Gasteiger partial charge in [0, 0.05) is 12.6 Å². The van der Waals surface area contributed by atoms with Gasteiger partial charge >= 0.3 is 0 Å². The van der Waals surface area contributed by atoms with E-state index >= 15 is 0 Å². The molecule has 0 radical (unpaired) electrons. The van der Waals surface area contributed by atoms with Crippen molar-refractivity contribution in [3.05, 3.63) is 29.3 Å². The first kappa shape index (κ1) is 18.1. The monoisotopic (exact) mass is 313 g/mol. The Morgan fingerprint density at radius 3 is 2.52 bits per heavy atom. The highest BCUT2D eigenvalue weighted by Crippen LogP contribution is 2.17. The van der Waals surface area contributed by atoms with Crippen molar-refractivity contribution < 1.29 is 8.42 Å². The van der Waals surface area contributed by atoms with Crippen molar-refractivity contribution in [2.24, 2.45) is 0 Å². The molecule has 1 aromatic carbocycles. The van der Waals surface area contributed by atoms with Crippen molar-refractivity contribution in [3.8, 4) is 0 Å². The van der Waals surface area contributed by atoms with Crippen LogP contribution in [0.25, 0.3) is 0 Å². The van der Waals surface area contributed by atoms with Crippen LogP contribution in [0.5, 0.6) is 0 Å². The van der Waals surface area contributed by atoms with E-state index in [-0.39, 0.29) is 6.04 Å². The molecule has 120 valence electrons. The largest absolute Gasteiger partial charge is 0.316 e. The van der Waals surface area contributed by atoms with E-state index in [0.29, 0.717) is 11.4 Å². The lowest BCUT2D eigenvalue weighted by atomic mass is 10.1. The van der Waals surface area contributed by atoms with Crippen molar-refractivity contribution in [3.63, 3.8) is 0 Å². The van der Waals surface area contributed by atoms with Crippen LogP contribution in [0.4, 0.5) is 0 Å². The zero-order valence-electron chi connectivity index (χ0n) is 13.6. The normalized spacial score (nSPS) is 13.6. The third-order valence-corrected chi connectivity index (χ3v) is 5.02. The molecule has 21 heavy (non-hydrogen) atoms. The van der Waals surface area contributed by atoms with Crippen LogP contribution in [0.1, 0.15) is 24.5 Å². The minimum atomic E-state index is -3.48. The van der Waals surface area contributed by atoms with Crippen LogP contribution in [0.15, 0.2) is 23.1 Å². The molecule has 0 aliphatic heterocycles. The Kier molecular flexibility index (Phi) is 6.80. The van der Waals surface area contributed by atoms with Crippen LogP contribution in [-0.2, 0) is 16.6 Å². The van der Waals surface area contributed by atoms with E-state index < -0.39 is 10.0 Å². The quantitative estimate of drug-likeness (QED) is 0.760. The van der Waals surface area contributed by atoms with Gasteiger partial charge in [0.1, 0.15) is 0 Å². The second kappa shape index (κ2) is 7.89. The van der Waals surface area contributed by atoms with Gasteiger partial charge in [-0.1, -0.05) is 12.1 Å². The van der Waals surface area contributed by atoms with Gasteiger partial charge in [0.25, 0.3) is 0 Å². The predicted molar refractivity (Wildman–Crippen MR) is 86.9 cm³/mol. The van der Waals surface area contributed by atoms with E-state index in [1.54, 1.807) is 6.07 Å². The van der Waals surface area contributed by atoms with Crippen LogP contribution in [0, 0.1) is 6.92 Å². The van der Waals surface area contributed by atoms with Crippen LogP contribution >= 0.6 is 0 Å². The predicted octanol–water partition coefficient (Wildman–Crippen LogP) is 1.33. The van der Waals surface area contributed by atoms with Crippen molar-refractivity contribution in [2.75, 3.05) is 27.7 Å². The summed E-state index contributed by atoms with van der Waals surface area (Å²) in [7, 11) is 2.33. The van der Waals surface area contributed by atoms with Gasteiger partial charge in [0.15, 0.2) is 0 Å². The molecule has 0 fully saturated rings. The van der Waals surface area contributed by atoms with Gasteiger partial charge in [0.2, 0.25) is 10.0 Å². The molecule has 0 aliphatic carbocycles. The zero-order chi connectivity index (χ0) is 16.0. The van der Waals surface area contributed by atoms with E-state index in [2.05, 4.69) is 10.0 Å². The molecule has 1 aromatic rings. The van der Waals surface area contributed by atoms with Gasteiger partial charge < -0.3 is 10.2 Å². The topological polar surface area (TPSA) is 61.4 Å². The summed E-state index contributed by atoms with van der Waals surface area (Å²) in [4.78, 5) is 2.41. The SMILES string of the molecule is CNCc1ccc(C)c(S(=O)(=O)NC(C)CCN(C)C)c1. The first-order valence-corrected chi connectivity index (χ1v) is 8.65. The number of aryl methyl sites for hydroxylation is 1. The maximum atomic E-state index is 12.5. The number of nitrogens with zero attached hydrogens (tertiary/aromatic N) is 1. The van der Waals surface area contributed by atoms with Gasteiger partial charge in [-0.15, -0.1) is 0 Å². The van der Waals surface area contributed by atoms with E-state index in [1.807, 2.05) is 52.0 Å². The fourth-order valence-electron chi connectivity index (χ4n) is 2.09. The average Bonchev–Trinajstić information content (AvgIpc) is 2.38. The van der Waals surface area contributed by atoms with E-state index in [4.69, 9.17) is 0 Å². The first-order valence-electron chi connectivity index (χ1n) is 7.17. The molecule has 0 aromatic heterocycles. The molecule has 6 heteroatoms. The molecule has 1 unspecified atom stereocenters. The highest BCUT2D eigenvalue weighted by Gasteiger charge is 2.19. The van der Waals surface area contributed by atoms with Crippen LogP contribution in [0.2, 0.25) is 0 Å². The molecule has 1 rings (SSSR count). The molecule has 0 heterocycles. The maximum Gasteiger partial charge on any atom is 0.241 e. The highest BCUT2D eigenvalue weighted by atomic mass is 32.2. The Morgan fingerprint density at radius 1 is 1.29 bits per heavy atom. The Hall–Kier alpha value is -0.950. The first-order chi connectivity index (χ1) is 9.76. The summed E-state index contributed by atoms with van der Waals surface area (Å²) in [5.74, 6) is 0. The summed E-state index contributed by atoms with van der Waals surface area (Å²) in [6, 6.07) is 5.45. The molecule has 2 N–H and O–H groups in total. The lowest BCUT2D eigenvalue weighted by Gasteiger charge is -2.18. The summed E-state index contributed by atoms with van der Waals surface area (Å²) in [5.41, 5.74) is 1.73. The van der Waals surface area contributed by atoms with Gasteiger partial charge in [0.05, 0.1) is 4.90 Å². The summed E-state index contributed by atoms with van der Waals surface area (Å²) < 4.78 is 27.8. The third kappa shape index (κ3) is 5.74. The molecular formula is C15H27N3O2S. The van der Waals surface area contributed by atoms with Crippen LogP contribution < -0.4 is 10.0 Å². The molecule has 0 amide bonds. The van der Waals surface area contributed by atoms with E-state index in [9.17, 15) is 8.42 Å². The molecule has 5 nitrogen and oxygen atoms in total. The molecular weight excluding hydrogens is 286 g/mol. The summed E-state index contributed by atoms with van der Waals surface area (Å²) >= 11 is 0. The summed E-state index contributed by atoms with van der Waals surface area (Å²) in [6.07, 6.45) is 0.779. The molecule has 0 bridgehead atoms. The second-order valence-electron chi connectivity index (χ2n) is 5.74. The van der Waals surface area contributed by atoms with Crippen LogP contribution in [0.3, 0.4) is 0 Å². The van der Waals surface area contributed by atoms with Gasteiger partial charge in [-0.05, 0) is 65.1 Å². The molecule has 0 aliphatic rings. The number of hydrogen-bond donors (Lipinski definition) is 2. The second-order valence-corrected chi connectivity index (χ2v) is 7.43. The van der Waals surface area contributed by atoms with E-state index in [1.165, 1.54) is 0 Å². The Labute approximate surface area is 128 Å². The average molecular weight is 313 g/mol. The van der Waals surface area contributed by atoms with Gasteiger partial charge in [-0.2, -0.15) is 0 Å². The Morgan fingerprint density at radius 2 is 1.95 bits per heavy atom. The number of benzene rings is 1. The highest BCUT2D eigenvalue weighted by molar-refractivity contribution is 7.89. The number of sulfonamides is 1. The number of nitrogens with one attached hydrogen (secondary N) is 2. The molecule has 0 spiro atoms. The Bertz CT molecular complexity index is 556. The zero-order valence-corrected chi connectivity index (χ0v) is 14.4. The Balaban J connectivity index is 2.89. The summed E-state index contributed by atoms with van der Waals surface area (Å²) in [5, 5.41) is 3.03. The fraction of sp³-hybridized carbons (Fsp3) is 0.600. The summed E-state index contributed by atoms with van der Waals surface area (Å²) in [6.45, 7) is 5.22. The molecule has 1 atom stereocenters. The van der Waals surface area contributed by atoms with Crippen LogP contribution in [-0.4, -0.2) is 47.0 Å². The smallest absolute Gasteiger partial charge is 0.241 e. The van der Waals surface area contributed by atoms with Gasteiger partial charge in [-0.25, -0.2) is 13.1 Å². The third-order valence-electron chi connectivity index (χ3n) is 3.29. The van der Waals surface area contributed by atoms with E-state index in [0.717, 1.165) is 24.1 Å². The van der Waals surface area contributed by atoms with Crippen molar-refractivity contribution in [1.29, 1.82) is 0 Å². The van der Waals surface area contributed by atoms with Gasteiger partial charge in [-0.3, -0.25) is 0 Å². The fourth-order valence-corrected chi connectivity index (χ4v) is 3.66. The standard InChI is InChI=1S/C15H27N3O2S/c1-12-6-7-14(11-16-3)10-15(12)21(19,20)17-13(2)8-9-18(4)5/h6-7,10,13,16-17H,8-9,11H2,1-5H3.